The highest BCUT2D eigenvalue weighted by molar-refractivity contribution is 6.01. The van der Waals surface area contributed by atoms with E-state index in [0.29, 0.717) is 0 Å². The lowest BCUT2D eigenvalue weighted by molar-refractivity contribution is -0.385. The summed E-state index contributed by atoms with van der Waals surface area (Å²) in [5.41, 5.74) is -0.502. The summed E-state index contributed by atoms with van der Waals surface area (Å²) in [6, 6.07) is 8.27. The Balaban J connectivity index is 1.93. The molecule has 2 aromatic carbocycles. The number of carbonyl (C=O) groups excluding carboxylic acids is 2. The SMILES string of the molecule is COc1ccc(OCC(=O)NC(=O)Nc2ccccc2F)c([N+](=O)[O-])c1. The second kappa shape index (κ2) is 8.42. The predicted octanol–water partition coefficient (Wildman–Crippen LogP) is 2.47. The van der Waals surface area contributed by atoms with E-state index in [1.807, 2.05) is 5.32 Å². The van der Waals surface area contributed by atoms with Crippen molar-refractivity contribution >= 4 is 23.3 Å². The molecule has 0 aliphatic carbocycles. The lowest BCUT2D eigenvalue weighted by Gasteiger charge is -2.09. The van der Waals surface area contributed by atoms with Crippen molar-refractivity contribution in [1.82, 2.24) is 5.32 Å². The number of imide groups is 1. The van der Waals surface area contributed by atoms with Crippen LogP contribution in [0.15, 0.2) is 42.5 Å². The molecule has 136 valence electrons. The van der Waals surface area contributed by atoms with Crippen molar-refractivity contribution in [1.29, 1.82) is 0 Å². The minimum atomic E-state index is -0.965. The van der Waals surface area contributed by atoms with E-state index in [0.717, 1.165) is 12.1 Å². The Morgan fingerprint density at radius 3 is 2.62 bits per heavy atom. The number of ether oxygens (including phenoxy) is 2. The molecule has 3 amide bonds. The van der Waals surface area contributed by atoms with Crippen molar-refractivity contribution in [2.75, 3.05) is 19.0 Å². The zero-order valence-corrected chi connectivity index (χ0v) is 13.5. The van der Waals surface area contributed by atoms with Crippen molar-refractivity contribution in [2.24, 2.45) is 0 Å². The standard InChI is InChI=1S/C16H14FN3O6/c1-25-10-6-7-14(13(8-10)20(23)24)26-9-15(21)19-16(22)18-12-5-3-2-4-11(12)17/h2-8H,9H2,1H3,(H2,18,19,21,22). The lowest BCUT2D eigenvalue weighted by atomic mass is 10.3. The highest BCUT2D eigenvalue weighted by Crippen LogP contribution is 2.30. The summed E-state index contributed by atoms with van der Waals surface area (Å²) in [6.07, 6.45) is 0. The highest BCUT2D eigenvalue weighted by Gasteiger charge is 2.18. The van der Waals surface area contributed by atoms with Crippen molar-refractivity contribution in [2.45, 2.75) is 0 Å². The molecule has 0 heterocycles. The van der Waals surface area contributed by atoms with Crippen LogP contribution in [0.4, 0.5) is 20.6 Å². The van der Waals surface area contributed by atoms with Gasteiger partial charge >= 0.3 is 11.7 Å². The van der Waals surface area contributed by atoms with Gasteiger partial charge in [-0.2, -0.15) is 0 Å². The summed E-state index contributed by atoms with van der Waals surface area (Å²) in [5.74, 6) is -1.46. The summed E-state index contributed by atoms with van der Waals surface area (Å²) < 4.78 is 23.4. The van der Waals surface area contributed by atoms with Gasteiger partial charge in [-0.3, -0.25) is 20.2 Å². The van der Waals surface area contributed by atoms with Crippen LogP contribution < -0.4 is 20.1 Å². The quantitative estimate of drug-likeness (QED) is 0.601. The topological polar surface area (TPSA) is 120 Å². The van der Waals surface area contributed by atoms with Gasteiger partial charge < -0.3 is 14.8 Å². The molecule has 0 aromatic heterocycles. The number of urea groups is 1. The van der Waals surface area contributed by atoms with Crippen LogP contribution >= 0.6 is 0 Å². The molecule has 0 bridgehead atoms. The van der Waals surface area contributed by atoms with Crippen LogP contribution in [0.25, 0.3) is 0 Å². The van der Waals surface area contributed by atoms with E-state index >= 15 is 0 Å². The van der Waals surface area contributed by atoms with E-state index in [1.165, 1.54) is 37.4 Å². The number of hydrogen-bond donors (Lipinski definition) is 2. The number of rotatable bonds is 6. The Bertz CT molecular complexity index is 842. The third-order valence-corrected chi connectivity index (χ3v) is 3.10. The van der Waals surface area contributed by atoms with E-state index in [9.17, 15) is 24.1 Å². The molecule has 26 heavy (non-hydrogen) atoms. The normalized spacial score (nSPS) is 9.92. The van der Waals surface area contributed by atoms with E-state index in [2.05, 4.69) is 5.32 Å². The van der Waals surface area contributed by atoms with Crippen LogP contribution in [0.3, 0.4) is 0 Å². The molecule has 0 saturated heterocycles. The summed E-state index contributed by atoms with van der Waals surface area (Å²) in [4.78, 5) is 33.7. The molecule has 2 N–H and O–H groups in total. The van der Waals surface area contributed by atoms with Crippen molar-refractivity contribution < 1.29 is 28.4 Å². The smallest absolute Gasteiger partial charge is 0.326 e. The number of nitro benzene ring substituents is 1. The van der Waals surface area contributed by atoms with Gasteiger partial charge in [0, 0.05) is 0 Å². The average molecular weight is 363 g/mol. The molecule has 0 fully saturated rings. The van der Waals surface area contributed by atoms with Gasteiger partial charge in [0.1, 0.15) is 11.6 Å². The van der Waals surface area contributed by atoms with Crippen LogP contribution in [0.5, 0.6) is 11.5 Å². The molecule has 10 heteroatoms. The maximum absolute atomic E-state index is 13.4. The summed E-state index contributed by atoms with van der Waals surface area (Å²) >= 11 is 0. The fourth-order valence-corrected chi connectivity index (χ4v) is 1.91. The number of nitrogens with one attached hydrogen (secondary N) is 2. The first-order chi connectivity index (χ1) is 12.4. The van der Waals surface area contributed by atoms with E-state index in [1.54, 1.807) is 0 Å². The van der Waals surface area contributed by atoms with Gasteiger partial charge in [0.15, 0.2) is 12.4 Å². The number of amides is 3. The molecule has 0 radical (unpaired) electrons. The number of nitrogens with zero attached hydrogens (tertiary/aromatic N) is 1. The number of nitro groups is 1. The molecule has 0 atom stereocenters. The maximum atomic E-state index is 13.4. The molecule has 2 aromatic rings. The van der Waals surface area contributed by atoms with Crippen LogP contribution in [0.2, 0.25) is 0 Å². The maximum Gasteiger partial charge on any atom is 0.326 e. The Kier molecular flexibility index (Phi) is 6.04. The van der Waals surface area contributed by atoms with Crippen molar-refractivity contribution in [3.8, 4) is 11.5 Å². The number of carbonyl (C=O) groups is 2. The van der Waals surface area contributed by atoms with Gasteiger partial charge in [0.05, 0.1) is 23.8 Å². The third kappa shape index (κ3) is 4.90. The Hall–Kier alpha value is -3.69. The summed E-state index contributed by atoms with van der Waals surface area (Å²) in [7, 11) is 1.35. The van der Waals surface area contributed by atoms with E-state index < -0.39 is 35.0 Å². The average Bonchev–Trinajstić information content (AvgIpc) is 2.61. The van der Waals surface area contributed by atoms with Gasteiger partial charge in [-0.1, -0.05) is 12.1 Å². The fourth-order valence-electron chi connectivity index (χ4n) is 1.91. The van der Waals surface area contributed by atoms with Crippen LogP contribution in [-0.2, 0) is 4.79 Å². The first kappa shape index (κ1) is 18.6. The van der Waals surface area contributed by atoms with Gasteiger partial charge in [-0.25, -0.2) is 9.18 Å². The Morgan fingerprint density at radius 2 is 1.96 bits per heavy atom. The molecule has 0 aliphatic rings. The van der Waals surface area contributed by atoms with Crippen LogP contribution in [0.1, 0.15) is 0 Å². The largest absolute Gasteiger partial charge is 0.496 e. The molecule has 0 unspecified atom stereocenters. The number of hydrogen-bond acceptors (Lipinski definition) is 6. The molecular formula is C16H14FN3O6. The first-order valence-corrected chi connectivity index (χ1v) is 7.21. The van der Waals surface area contributed by atoms with Gasteiger partial charge in [-0.15, -0.1) is 0 Å². The second-order valence-electron chi connectivity index (χ2n) is 4.86. The van der Waals surface area contributed by atoms with E-state index in [-0.39, 0.29) is 17.2 Å². The Morgan fingerprint density at radius 1 is 1.23 bits per heavy atom. The zero-order chi connectivity index (χ0) is 19.1. The zero-order valence-electron chi connectivity index (χ0n) is 13.5. The van der Waals surface area contributed by atoms with Gasteiger partial charge in [-0.05, 0) is 24.3 Å². The molecular weight excluding hydrogens is 349 g/mol. The monoisotopic (exact) mass is 363 g/mol. The van der Waals surface area contributed by atoms with Crippen LogP contribution in [0, 0.1) is 15.9 Å². The minimum Gasteiger partial charge on any atom is -0.496 e. The molecule has 2 rings (SSSR count). The molecule has 0 saturated carbocycles. The molecule has 0 aliphatic heterocycles. The molecule has 0 spiro atoms. The number of methoxy groups -OCH3 is 1. The first-order valence-electron chi connectivity index (χ1n) is 7.21. The second-order valence-corrected chi connectivity index (χ2v) is 4.86. The highest BCUT2D eigenvalue weighted by atomic mass is 19.1. The minimum absolute atomic E-state index is 0.107. The van der Waals surface area contributed by atoms with Gasteiger partial charge in [0.2, 0.25) is 0 Å². The van der Waals surface area contributed by atoms with Crippen LogP contribution in [-0.4, -0.2) is 30.6 Å². The van der Waals surface area contributed by atoms with Gasteiger partial charge in [0.25, 0.3) is 5.91 Å². The summed E-state index contributed by atoms with van der Waals surface area (Å²) in [6.45, 7) is -0.655. The summed E-state index contributed by atoms with van der Waals surface area (Å²) in [5, 5.41) is 15.1. The lowest BCUT2D eigenvalue weighted by Crippen LogP contribution is -2.37. The van der Waals surface area contributed by atoms with Crippen molar-refractivity contribution in [3.05, 3.63) is 58.4 Å². The van der Waals surface area contributed by atoms with Crippen molar-refractivity contribution in [3.63, 3.8) is 0 Å². The molecule has 9 nitrogen and oxygen atoms in total. The van der Waals surface area contributed by atoms with E-state index in [4.69, 9.17) is 9.47 Å². The fraction of sp³-hybridized carbons (Fsp3) is 0.125. The predicted molar refractivity (Wildman–Crippen MR) is 88.7 cm³/mol. The number of halogens is 1. The number of para-hydroxylation sites is 1. The number of anilines is 1. The Labute approximate surface area is 146 Å². The number of benzene rings is 2. The third-order valence-electron chi connectivity index (χ3n) is 3.10.